The zero-order chi connectivity index (χ0) is 16.6. The molecule has 2 N–H and O–H groups in total. The van der Waals surface area contributed by atoms with Gasteiger partial charge in [0.15, 0.2) is 5.65 Å². The fourth-order valence-corrected chi connectivity index (χ4v) is 3.29. The number of fused-ring (bicyclic) bond motifs is 1. The topological polar surface area (TPSA) is 71.8 Å². The molecule has 0 radical (unpaired) electrons. The normalized spacial score (nSPS) is 18.6. The molecule has 6 heteroatoms. The minimum atomic E-state index is -0.0677. The Kier molecular flexibility index (Phi) is 4.35. The molecule has 124 valence electrons. The Labute approximate surface area is 136 Å². The van der Waals surface area contributed by atoms with Crippen molar-refractivity contribution in [3.05, 3.63) is 17.5 Å². The molecule has 1 saturated heterocycles. The summed E-state index contributed by atoms with van der Waals surface area (Å²) < 4.78 is 1.95. The van der Waals surface area contributed by atoms with Crippen LogP contribution in [0, 0.1) is 6.92 Å². The molecule has 1 fully saturated rings. The van der Waals surface area contributed by atoms with Gasteiger partial charge in [0, 0.05) is 31.1 Å². The highest BCUT2D eigenvalue weighted by molar-refractivity contribution is 6.00. The standard InChI is InChI=1S/C17H25N5O/c1-10(2)22-17-16(11(3)21-22)15(19-12(4)23)8-14(20-17)13-6-5-7-18-9-13/h8,10,13,18H,5-7,9H2,1-4H3,(H,19,20,23)/t13-/m1/s1. The molecule has 2 aromatic heterocycles. The molecule has 3 heterocycles. The first-order valence-electron chi connectivity index (χ1n) is 8.35. The van der Waals surface area contributed by atoms with Crippen LogP contribution in [0.15, 0.2) is 6.07 Å². The van der Waals surface area contributed by atoms with Gasteiger partial charge in [-0.25, -0.2) is 9.67 Å². The van der Waals surface area contributed by atoms with E-state index in [9.17, 15) is 4.79 Å². The number of nitrogens with one attached hydrogen (secondary N) is 2. The third-order valence-corrected chi connectivity index (χ3v) is 4.37. The van der Waals surface area contributed by atoms with Crippen LogP contribution < -0.4 is 10.6 Å². The number of aryl methyl sites for hydroxylation is 1. The number of aromatic nitrogens is 3. The van der Waals surface area contributed by atoms with Gasteiger partial charge in [-0.2, -0.15) is 5.10 Å². The van der Waals surface area contributed by atoms with E-state index in [2.05, 4.69) is 29.6 Å². The summed E-state index contributed by atoms with van der Waals surface area (Å²) in [7, 11) is 0. The first kappa shape index (κ1) is 15.9. The summed E-state index contributed by atoms with van der Waals surface area (Å²) >= 11 is 0. The number of carbonyl (C=O) groups excluding carboxylic acids is 1. The Morgan fingerprint density at radius 1 is 1.48 bits per heavy atom. The molecule has 23 heavy (non-hydrogen) atoms. The summed E-state index contributed by atoms with van der Waals surface area (Å²) in [5, 5.41) is 12.0. The van der Waals surface area contributed by atoms with Gasteiger partial charge in [0.1, 0.15) is 0 Å². The van der Waals surface area contributed by atoms with E-state index in [0.717, 1.165) is 54.0 Å². The monoisotopic (exact) mass is 315 g/mol. The second kappa shape index (κ2) is 6.28. The van der Waals surface area contributed by atoms with Crippen LogP contribution in [0.3, 0.4) is 0 Å². The molecule has 1 aliphatic rings. The summed E-state index contributed by atoms with van der Waals surface area (Å²) in [5.74, 6) is 0.318. The van der Waals surface area contributed by atoms with Crippen LogP contribution >= 0.6 is 0 Å². The number of rotatable bonds is 3. The van der Waals surface area contributed by atoms with Crippen molar-refractivity contribution in [1.29, 1.82) is 0 Å². The van der Waals surface area contributed by atoms with Crippen LogP contribution in [0.4, 0.5) is 5.69 Å². The van der Waals surface area contributed by atoms with Crippen molar-refractivity contribution in [3.63, 3.8) is 0 Å². The Balaban J connectivity index is 2.18. The zero-order valence-corrected chi connectivity index (χ0v) is 14.3. The van der Waals surface area contributed by atoms with Gasteiger partial charge in [0.05, 0.1) is 16.8 Å². The minimum Gasteiger partial charge on any atom is -0.326 e. The van der Waals surface area contributed by atoms with Gasteiger partial charge in [-0.3, -0.25) is 4.79 Å². The largest absolute Gasteiger partial charge is 0.326 e. The van der Waals surface area contributed by atoms with E-state index in [1.54, 1.807) is 0 Å². The third kappa shape index (κ3) is 3.08. The van der Waals surface area contributed by atoms with Crippen molar-refractivity contribution in [2.24, 2.45) is 0 Å². The van der Waals surface area contributed by atoms with Gasteiger partial charge in [-0.05, 0) is 46.2 Å². The number of carbonyl (C=O) groups is 1. The molecule has 6 nitrogen and oxygen atoms in total. The van der Waals surface area contributed by atoms with Gasteiger partial charge in [0.25, 0.3) is 0 Å². The van der Waals surface area contributed by atoms with E-state index in [1.807, 2.05) is 17.7 Å². The molecule has 0 unspecified atom stereocenters. The van der Waals surface area contributed by atoms with Crippen molar-refractivity contribution in [2.45, 2.75) is 52.5 Å². The number of hydrogen-bond acceptors (Lipinski definition) is 4. The van der Waals surface area contributed by atoms with Gasteiger partial charge < -0.3 is 10.6 Å². The van der Waals surface area contributed by atoms with E-state index < -0.39 is 0 Å². The van der Waals surface area contributed by atoms with E-state index in [4.69, 9.17) is 4.98 Å². The lowest BCUT2D eigenvalue weighted by molar-refractivity contribution is -0.114. The molecule has 2 aromatic rings. The molecular formula is C17H25N5O. The molecule has 0 saturated carbocycles. The van der Waals surface area contributed by atoms with Crippen molar-refractivity contribution in [1.82, 2.24) is 20.1 Å². The average molecular weight is 315 g/mol. The summed E-state index contributed by atoms with van der Waals surface area (Å²) in [6.07, 6.45) is 2.28. The van der Waals surface area contributed by atoms with Crippen LogP contribution in [0.5, 0.6) is 0 Å². The maximum Gasteiger partial charge on any atom is 0.221 e. The average Bonchev–Trinajstić information content (AvgIpc) is 2.85. The van der Waals surface area contributed by atoms with Gasteiger partial charge >= 0.3 is 0 Å². The van der Waals surface area contributed by atoms with Crippen LogP contribution in [-0.2, 0) is 4.79 Å². The number of hydrogen-bond donors (Lipinski definition) is 2. The van der Waals surface area contributed by atoms with Gasteiger partial charge in [-0.15, -0.1) is 0 Å². The van der Waals surface area contributed by atoms with Crippen LogP contribution in [0.1, 0.15) is 57.0 Å². The van der Waals surface area contributed by atoms with Gasteiger partial charge in [0.2, 0.25) is 5.91 Å². The molecule has 1 amide bonds. The quantitative estimate of drug-likeness (QED) is 0.913. The van der Waals surface area contributed by atoms with Crippen molar-refractivity contribution >= 4 is 22.6 Å². The Morgan fingerprint density at radius 3 is 2.87 bits per heavy atom. The zero-order valence-electron chi connectivity index (χ0n) is 14.3. The van der Waals surface area contributed by atoms with E-state index in [1.165, 1.54) is 6.92 Å². The molecule has 0 aliphatic carbocycles. The third-order valence-electron chi connectivity index (χ3n) is 4.37. The van der Waals surface area contributed by atoms with Crippen molar-refractivity contribution < 1.29 is 4.79 Å². The lowest BCUT2D eigenvalue weighted by atomic mass is 9.95. The van der Waals surface area contributed by atoms with Crippen molar-refractivity contribution in [2.75, 3.05) is 18.4 Å². The highest BCUT2D eigenvalue weighted by atomic mass is 16.1. The maximum atomic E-state index is 11.6. The lowest BCUT2D eigenvalue weighted by Gasteiger charge is -2.23. The molecule has 1 aliphatic heterocycles. The fourth-order valence-electron chi connectivity index (χ4n) is 3.29. The smallest absolute Gasteiger partial charge is 0.221 e. The minimum absolute atomic E-state index is 0.0677. The van der Waals surface area contributed by atoms with E-state index >= 15 is 0 Å². The second-order valence-corrected chi connectivity index (χ2v) is 6.64. The lowest BCUT2D eigenvalue weighted by Crippen LogP contribution is -2.29. The number of nitrogens with zero attached hydrogens (tertiary/aromatic N) is 3. The maximum absolute atomic E-state index is 11.6. The fraction of sp³-hybridized carbons (Fsp3) is 0.588. The second-order valence-electron chi connectivity index (χ2n) is 6.64. The summed E-state index contributed by atoms with van der Waals surface area (Å²) in [5.41, 5.74) is 3.63. The predicted octanol–water partition coefficient (Wildman–Crippen LogP) is 2.75. The molecule has 3 rings (SSSR count). The number of piperidine rings is 1. The molecule has 1 atom stereocenters. The first-order valence-corrected chi connectivity index (χ1v) is 8.35. The molecular weight excluding hydrogens is 290 g/mol. The summed E-state index contributed by atoms with van der Waals surface area (Å²) in [4.78, 5) is 16.5. The van der Waals surface area contributed by atoms with Crippen molar-refractivity contribution in [3.8, 4) is 0 Å². The summed E-state index contributed by atoms with van der Waals surface area (Å²) in [6, 6.07) is 2.25. The Hall–Kier alpha value is -1.95. The Bertz CT molecular complexity index is 728. The molecule has 0 bridgehead atoms. The SMILES string of the molecule is CC(=O)Nc1cc([C@@H]2CCCNC2)nc2c1c(C)nn2C(C)C. The van der Waals surface area contributed by atoms with E-state index in [0.29, 0.717) is 5.92 Å². The van der Waals surface area contributed by atoms with Gasteiger partial charge in [-0.1, -0.05) is 0 Å². The molecule has 0 aromatic carbocycles. The molecule has 0 spiro atoms. The van der Waals surface area contributed by atoms with Crippen LogP contribution in [0.25, 0.3) is 11.0 Å². The van der Waals surface area contributed by atoms with Crippen LogP contribution in [-0.4, -0.2) is 33.8 Å². The number of anilines is 1. The van der Waals surface area contributed by atoms with Crippen LogP contribution in [0.2, 0.25) is 0 Å². The Morgan fingerprint density at radius 2 is 2.26 bits per heavy atom. The summed E-state index contributed by atoms with van der Waals surface area (Å²) in [6.45, 7) is 9.71. The number of pyridine rings is 1. The van der Waals surface area contributed by atoms with E-state index in [-0.39, 0.29) is 11.9 Å². The predicted molar refractivity (Wildman–Crippen MR) is 91.8 cm³/mol. The highest BCUT2D eigenvalue weighted by Crippen LogP contribution is 2.32. The first-order chi connectivity index (χ1) is 11.0. The highest BCUT2D eigenvalue weighted by Gasteiger charge is 2.22. The number of amides is 1.